The second-order valence-corrected chi connectivity index (χ2v) is 2.41. The third kappa shape index (κ3) is 4.58. The van der Waals surface area contributed by atoms with Crippen molar-refractivity contribution in [3.63, 3.8) is 0 Å². The maximum atomic E-state index is 10.1. The Kier molecular flexibility index (Phi) is 5.35. The van der Waals surface area contributed by atoms with Gasteiger partial charge >= 0.3 is 5.97 Å². The molecule has 0 heterocycles. The zero-order valence-corrected chi connectivity index (χ0v) is 6.60. The number of ether oxygens (including phenoxy) is 1. The first kappa shape index (κ1) is 9.72. The monoisotopic (exact) mass is 166 g/mol. The van der Waals surface area contributed by atoms with Crippen LogP contribution < -0.4 is 0 Å². The summed E-state index contributed by atoms with van der Waals surface area (Å²) in [5.41, 5.74) is 0. The molecular formula is C6H11ClO3. The highest BCUT2D eigenvalue weighted by atomic mass is 35.5. The van der Waals surface area contributed by atoms with Crippen LogP contribution in [0.25, 0.3) is 0 Å². The third-order valence-electron chi connectivity index (χ3n) is 0.881. The van der Waals surface area contributed by atoms with E-state index in [-0.39, 0.29) is 6.61 Å². The van der Waals surface area contributed by atoms with Gasteiger partial charge in [-0.25, -0.2) is 0 Å². The predicted octanol–water partition coefficient (Wildman–Crippen LogP) is 1.10. The fourth-order valence-electron chi connectivity index (χ4n) is 0.402. The SMILES string of the molecule is CCCOCC(Cl)C(=O)O. The lowest BCUT2D eigenvalue weighted by Gasteiger charge is -2.03. The molecule has 60 valence electrons. The van der Waals surface area contributed by atoms with Gasteiger partial charge in [0.1, 0.15) is 0 Å². The van der Waals surface area contributed by atoms with Gasteiger partial charge < -0.3 is 9.84 Å². The van der Waals surface area contributed by atoms with E-state index in [0.29, 0.717) is 6.61 Å². The van der Waals surface area contributed by atoms with Crippen molar-refractivity contribution in [3.05, 3.63) is 0 Å². The molecule has 0 aromatic rings. The van der Waals surface area contributed by atoms with Crippen molar-refractivity contribution in [3.8, 4) is 0 Å². The molecule has 4 heteroatoms. The van der Waals surface area contributed by atoms with Gasteiger partial charge in [0.2, 0.25) is 0 Å². The molecule has 0 aromatic heterocycles. The number of hydrogen-bond donors (Lipinski definition) is 1. The lowest BCUT2D eigenvalue weighted by Crippen LogP contribution is -2.19. The van der Waals surface area contributed by atoms with E-state index in [0.717, 1.165) is 6.42 Å². The third-order valence-corrected chi connectivity index (χ3v) is 1.19. The Labute approximate surface area is 64.9 Å². The Balaban J connectivity index is 3.21. The number of carbonyl (C=O) groups is 1. The maximum absolute atomic E-state index is 10.1. The van der Waals surface area contributed by atoms with Gasteiger partial charge in [-0.1, -0.05) is 6.92 Å². The van der Waals surface area contributed by atoms with Crippen molar-refractivity contribution in [1.82, 2.24) is 0 Å². The fourth-order valence-corrected chi connectivity index (χ4v) is 0.492. The number of carboxylic acid groups (broad SMARTS) is 1. The van der Waals surface area contributed by atoms with E-state index in [9.17, 15) is 4.79 Å². The van der Waals surface area contributed by atoms with Crippen molar-refractivity contribution >= 4 is 17.6 Å². The Bertz CT molecular complexity index is 105. The van der Waals surface area contributed by atoms with Crippen LogP contribution in [0, 0.1) is 0 Å². The summed E-state index contributed by atoms with van der Waals surface area (Å²) in [5, 5.41) is 7.36. The Hall–Kier alpha value is -0.280. The van der Waals surface area contributed by atoms with Gasteiger partial charge in [0, 0.05) is 6.61 Å². The summed E-state index contributed by atoms with van der Waals surface area (Å²) in [7, 11) is 0. The summed E-state index contributed by atoms with van der Waals surface area (Å²) in [6.45, 7) is 2.60. The normalized spacial score (nSPS) is 13.0. The molecule has 0 aliphatic rings. The van der Waals surface area contributed by atoms with E-state index >= 15 is 0 Å². The van der Waals surface area contributed by atoms with Crippen LogP contribution in [0.15, 0.2) is 0 Å². The molecule has 1 N–H and O–H groups in total. The Morgan fingerprint density at radius 2 is 2.40 bits per heavy atom. The maximum Gasteiger partial charge on any atom is 0.324 e. The summed E-state index contributed by atoms with van der Waals surface area (Å²) >= 11 is 5.33. The van der Waals surface area contributed by atoms with E-state index in [1.165, 1.54) is 0 Å². The zero-order chi connectivity index (χ0) is 7.98. The Morgan fingerprint density at radius 3 is 2.80 bits per heavy atom. The van der Waals surface area contributed by atoms with E-state index in [4.69, 9.17) is 21.4 Å². The highest BCUT2D eigenvalue weighted by molar-refractivity contribution is 6.29. The number of halogens is 1. The fraction of sp³-hybridized carbons (Fsp3) is 0.833. The molecule has 0 aromatic carbocycles. The van der Waals surface area contributed by atoms with Gasteiger partial charge in [-0.05, 0) is 6.42 Å². The number of alkyl halides is 1. The van der Waals surface area contributed by atoms with Gasteiger partial charge in [-0.3, -0.25) is 4.79 Å². The molecular weight excluding hydrogens is 156 g/mol. The molecule has 0 aliphatic heterocycles. The van der Waals surface area contributed by atoms with E-state index in [2.05, 4.69) is 0 Å². The average Bonchev–Trinajstić information content (AvgIpc) is 1.88. The molecule has 0 amide bonds. The molecule has 10 heavy (non-hydrogen) atoms. The van der Waals surface area contributed by atoms with Crippen molar-refractivity contribution in [1.29, 1.82) is 0 Å². The highest BCUT2D eigenvalue weighted by Gasteiger charge is 2.12. The van der Waals surface area contributed by atoms with Crippen LogP contribution in [0.5, 0.6) is 0 Å². The molecule has 0 saturated heterocycles. The van der Waals surface area contributed by atoms with Gasteiger partial charge in [0.05, 0.1) is 6.61 Å². The molecule has 1 atom stereocenters. The number of hydrogen-bond acceptors (Lipinski definition) is 2. The van der Waals surface area contributed by atoms with Crippen molar-refractivity contribution in [2.24, 2.45) is 0 Å². The molecule has 0 bridgehead atoms. The number of aliphatic carboxylic acids is 1. The topological polar surface area (TPSA) is 46.5 Å². The molecule has 1 unspecified atom stereocenters. The molecule has 3 nitrogen and oxygen atoms in total. The second kappa shape index (κ2) is 5.50. The molecule has 0 fully saturated rings. The quantitative estimate of drug-likeness (QED) is 0.492. The van der Waals surface area contributed by atoms with Crippen LogP contribution in [-0.4, -0.2) is 29.7 Å². The number of carboxylic acids is 1. The molecule has 0 aliphatic carbocycles. The van der Waals surface area contributed by atoms with Crippen molar-refractivity contribution < 1.29 is 14.6 Å². The smallest absolute Gasteiger partial charge is 0.324 e. The zero-order valence-electron chi connectivity index (χ0n) is 5.84. The predicted molar refractivity (Wildman–Crippen MR) is 38.4 cm³/mol. The van der Waals surface area contributed by atoms with Crippen molar-refractivity contribution in [2.75, 3.05) is 13.2 Å². The summed E-state index contributed by atoms with van der Waals surface area (Å²) in [6, 6.07) is 0. The van der Waals surface area contributed by atoms with Crippen LogP contribution in [0.3, 0.4) is 0 Å². The average molecular weight is 167 g/mol. The van der Waals surface area contributed by atoms with Crippen LogP contribution in [0.1, 0.15) is 13.3 Å². The largest absolute Gasteiger partial charge is 0.480 e. The standard InChI is InChI=1S/C6H11ClO3/c1-2-3-10-4-5(7)6(8)9/h5H,2-4H2,1H3,(H,8,9). The summed E-state index contributed by atoms with van der Waals surface area (Å²) in [5.74, 6) is -1.03. The van der Waals surface area contributed by atoms with Crippen LogP contribution in [0.4, 0.5) is 0 Å². The van der Waals surface area contributed by atoms with Gasteiger partial charge in [0.25, 0.3) is 0 Å². The number of rotatable bonds is 5. The summed E-state index contributed by atoms with van der Waals surface area (Å²) < 4.78 is 4.89. The first-order chi connectivity index (χ1) is 4.68. The van der Waals surface area contributed by atoms with Gasteiger partial charge in [-0.2, -0.15) is 0 Å². The van der Waals surface area contributed by atoms with E-state index < -0.39 is 11.3 Å². The van der Waals surface area contributed by atoms with Crippen LogP contribution in [0.2, 0.25) is 0 Å². The van der Waals surface area contributed by atoms with Crippen LogP contribution >= 0.6 is 11.6 Å². The van der Waals surface area contributed by atoms with Crippen molar-refractivity contribution in [2.45, 2.75) is 18.7 Å². The van der Waals surface area contributed by atoms with Gasteiger partial charge in [0.15, 0.2) is 5.38 Å². The first-order valence-corrected chi connectivity index (χ1v) is 3.56. The van der Waals surface area contributed by atoms with E-state index in [1.807, 2.05) is 6.92 Å². The van der Waals surface area contributed by atoms with Gasteiger partial charge in [-0.15, -0.1) is 11.6 Å². The lowest BCUT2D eigenvalue weighted by atomic mass is 10.4. The minimum Gasteiger partial charge on any atom is -0.480 e. The van der Waals surface area contributed by atoms with Crippen LogP contribution in [-0.2, 0) is 9.53 Å². The summed E-state index contributed by atoms with van der Waals surface area (Å²) in [6.07, 6.45) is 0.878. The minimum atomic E-state index is -1.03. The molecule has 0 saturated carbocycles. The molecule has 0 radical (unpaired) electrons. The van der Waals surface area contributed by atoms with E-state index in [1.54, 1.807) is 0 Å². The molecule has 0 spiro atoms. The minimum absolute atomic E-state index is 0.0880. The second-order valence-electron chi connectivity index (χ2n) is 1.88. The highest BCUT2D eigenvalue weighted by Crippen LogP contribution is 1.96. The summed E-state index contributed by atoms with van der Waals surface area (Å²) in [4.78, 5) is 10.1. The lowest BCUT2D eigenvalue weighted by molar-refractivity contribution is -0.137. The first-order valence-electron chi connectivity index (χ1n) is 3.13. The Morgan fingerprint density at radius 1 is 1.80 bits per heavy atom. The molecule has 0 rings (SSSR count).